The lowest BCUT2D eigenvalue weighted by molar-refractivity contribution is 0.0468. The molecule has 4 heterocycles. The van der Waals surface area contributed by atoms with Gasteiger partial charge >= 0.3 is 5.97 Å². The second-order valence-electron chi connectivity index (χ2n) is 6.09. The highest BCUT2D eigenvalue weighted by Gasteiger charge is 2.17. The molecule has 0 aliphatic heterocycles. The fraction of sp³-hybridized carbons (Fsp3) is 0.294. The maximum Gasteiger partial charge on any atom is 0.348 e. The number of aromatic amines is 1. The minimum Gasteiger partial charge on any atom is -0.453 e. The molecule has 0 saturated heterocycles. The molecule has 26 heavy (non-hydrogen) atoms. The van der Waals surface area contributed by atoms with Crippen LogP contribution in [0, 0.1) is 20.8 Å². The van der Waals surface area contributed by atoms with E-state index in [1.54, 1.807) is 10.7 Å². The molecular weight excluding hydrogens is 372 g/mol. The maximum atomic E-state index is 12.4. The van der Waals surface area contributed by atoms with E-state index in [9.17, 15) is 9.59 Å². The molecule has 0 aromatic carbocycles. The number of fused-ring (bicyclic) bond motifs is 2. The molecule has 0 fully saturated rings. The minimum absolute atomic E-state index is 0.0779. The van der Waals surface area contributed by atoms with Crippen molar-refractivity contribution < 1.29 is 9.53 Å². The molecule has 0 unspecified atom stereocenters. The molecule has 4 aromatic heterocycles. The molecule has 0 atom stereocenters. The number of hydrogen-bond donors (Lipinski definition) is 1. The Bertz CT molecular complexity index is 1190. The molecule has 134 valence electrons. The summed E-state index contributed by atoms with van der Waals surface area (Å²) in [5, 5.41) is 5.87. The Kier molecular flexibility index (Phi) is 3.92. The first-order valence-electron chi connectivity index (χ1n) is 7.94. The number of aromatic nitrogens is 4. The van der Waals surface area contributed by atoms with E-state index < -0.39 is 5.97 Å². The van der Waals surface area contributed by atoms with Gasteiger partial charge in [0.1, 0.15) is 27.0 Å². The summed E-state index contributed by atoms with van der Waals surface area (Å²) in [5.41, 5.74) is 1.61. The van der Waals surface area contributed by atoms with Crippen LogP contribution in [0.4, 0.5) is 0 Å². The lowest BCUT2D eigenvalue weighted by atomic mass is 10.2. The minimum atomic E-state index is -0.438. The number of esters is 1. The fourth-order valence-corrected chi connectivity index (χ4v) is 4.94. The summed E-state index contributed by atoms with van der Waals surface area (Å²) in [7, 11) is 1.84. The van der Waals surface area contributed by atoms with Crippen molar-refractivity contribution in [1.82, 2.24) is 19.7 Å². The number of thiophene rings is 2. The second kappa shape index (κ2) is 6.03. The Morgan fingerprint density at radius 1 is 1.31 bits per heavy atom. The van der Waals surface area contributed by atoms with E-state index in [4.69, 9.17) is 4.74 Å². The molecular formula is C17H16N4O3S2. The smallest absolute Gasteiger partial charge is 0.348 e. The summed E-state index contributed by atoms with van der Waals surface area (Å²) in [5.74, 6) is -0.0945. The molecule has 4 rings (SSSR count). The molecule has 0 radical (unpaired) electrons. The van der Waals surface area contributed by atoms with Gasteiger partial charge in [-0.15, -0.1) is 22.7 Å². The van der Waals surface area contributed by atoms with E-state index in [1.165, 1.54) is 22.7 Å². The standard InChI is InChI=1S/C17H16N4O3S2/c1-7-9(3)25-15-13(7)14(22)18-12(19-15)6-24-17(23)11-5-10-8(2)20-21(4)16(10)26-11/h5H,6H2,1-4H3,(H,18,19,22). The number of ether oxygens (including phenoxy) is 1. The number of H-pyrrole nitrogens is 1. The molecule has 0 bridgehead atoms. The average molecular weight is 388 g/mol. The van der Waals surface area contributed by atoms with E-state index >= 15 is 0 Å². The van der Waals surface area contributed by atoms with Gasteiger partial charge in [0.05, 0.1) is 11.1 Å². The third-order valence-electron chi connectivity index (χ3n) is 4.33. The van der Waals surface area contributed by atoms with Crippen LogP contribution in [0.3, 0.4) is 0 Å². The monoisotopic (exact) mass is 388 g/mol. The highest BCUT2D eigenvalue weighted by Crippen LogP contribution is 2.28. The van der Waals surface area contributed by atoms with E-state index in [2.05, 4.69) is 15.1 Å². The van der Waals surface area contributed by atoms with E-state index in [1.807, 2.05) is 27.8 Å². The first-order valence-corrected chi connectivity index (χ1v) is 9.57. The van der Waals surface area contributed by atoms with Crippen LogP contribution in [-0.2, 0) is 18.4 Å². The Labute approximate surface area is 156 Å². The normalized spacial score (nSPS) is 11.5. The van der Waals surface area contributed by atoms with Crippen LogP contribution in [-0.4, -0.2) is 25.7 Å². The van der Waals surface area contributed by atoms with Crippen molar-refractivity contribution in [2.75, 3.05) is 0 Å². The zero-order chi connectivity index (χ0) is 18.6. The predicted octanol–water partition coefficient (Wildman–Crippen LogP) is 3.22. The van der Waals surface area contributed by atoms with Crippen molar-refractivity contribution >= 4 is 49.1 Å². The number of rotatable bonds is 3. The summed E-state index contributed by atoms with van der Waals surface area (Å²) in [6, 6.07) is 1.79. The van der Waals surface area contributed by atoms with E-state index in [0.29, 0.717) is 20.9 Å². The Balaban J connectivity index is 1.58. The number of hydrogen-bond acceptors (Lipinski definition) is 7. The molecule has 0 spiro atoms. The van der Waals surface area contributed by atoms with Gasteiger partial charge in [-0.2, -0.15) is 5.10 Å². The van der Waals surface area contributed by atoms with Crippen molar-refractivity contribution in [2.45, 2.75) is 27.4 Å². The molecule has 0 aliphatic carbocycles. The summed E-state index contributed by atoms with van der Waals surface area (Å²) >= 11 is 2.80. The van der Waals surface area contributed by atoms with Gasteiger partial charge in [-0.3, -0.25) is 9.48 Å². The van der Waals surface area contributed by atoms with Crippen LogP contribution in [0.15, 0.2) is 10.9 Å². The van der Waals surface area contributed by atoms with Gasteiger partial charge in [0, 0.05) is 17.3 Å². The van der Waals surface area contributed by atoms with Crippen molar-refractivity contribution in [3.05, 3.63) is 43.3 Å². The van der Waals surface area contributed by atoms with Crippen LogP contribution < -0.4 is 5.56 Å². The second-order valence-corrected chi connectivity index (χ2v) is 8.32. The van der Waals surface area contributed by atoms with Gasteiger partial charge in [-0.25, -0.2) is 9.78 Å². The maximum absolute atomic E-state index is 12.4. The number of aryl methyl sites for hydroxylation is 4. The van der Waals surface area contributed by atoms with Crippen molar-refractivity contribution in [2.24, 2.45) is 7.05 Å². The van der Waals surface area contributed by atoms with Crippen LogP contribution in [0.25, 0.3) is 20.4 Å². The third kappa shape index (κ3) is 2.63. The lowest BCUT2D eigenvalue weighted by Gasteiger charge is -2.03. The van der Waals surface area contributed by atoms with Gasteiger partial charge in [-0.1, -0.05) is 0 Å². The van der Waals surface area contributed by atoms with Gasteiger partial charge in [-0.05, 0) is 32.4 Å². The summed E-state index contributed by atoms with van der Waals surface area (Å²) in [6.07, 6.45) is 0. The van der Waals surface area contributed by atoms with Gasteiger partial charge < -0.3 is 9.72 Å². The summed E-state index contributed by atoms with van der Waals surface area (Å²) in [4.78, 5) is 34.9. The van der Waals surface area contributed by atoms with Crippen molar-refractivity contribution in [3.63, 3.8) is 0 Å². The van der Waals surface area contributed by atoms with Gasteiger partial charge in [0.15, 0.2) is 0 Å². The third-order valence-corrected chi connectivity index (χ3v) is 6.61. The summed E-state index contributed by atoms with van der Waals surface area (Å²) < 4.78 is 7.10. The van der Waals surface area contributed by atoms with E-state index in [-0.39, 0.29) is 12.2 Å². The fourth-order valence-electron chi connectivity index (χ4n) is 2.88. The zero-order valence-corrected chi connectivity index (χ0v) is 16.3. The van der Waals surface area contributed by atoms with Gasteiger partial charge in [0.2, 0.25) is 0 Å². The first-order chi connectivity index (χ1) is 12.3. The highest BCUT2D eigenvalue weighted by atomic mass is 32.1. The number of carbonyl (C=O) groups is 1. The van der Waals surface area contributed by atoms with Crippen molar-refractivity contribution in [3.8, 4) is 0 Å². The Morgan fingerprint density at radius 2 is 2.08 bits per heavy atom. The largest absolute Gasteiger partial charge is 0.453 e. The first kappa shape index (κ1) is 16.9. The Morgan fingerprint density at radius 3 is 2.81 bits per heavy atom. The van der Waals surface area contributed by atoms with Crippen LogP contribution >= 0.6 is 22.7 Å². The highest BCUT2D eigenvalue weighted by molar-refractivity contribution is 7.20. The van der Waals surface area contributed by atoms with E-state index in [0.717, 1.165) is 26.4 Å². The SMILES string of the molecule is Cc1sc2nc(COC(=O)c3cc4c(C)nn(C)c4s3)[nH]c(=O)c2c1C. The predicted molar refractivity (Wildman–Crippen MR) is 102 cm³/mol. The Hall–Kier alpha value is -2.52. The van der Waals surface area contributed by atoms with Crippen LogP contribution in [0.1, 0.15) is 31.6 Å². The summed E-state index contributed by atoms with van der Waals surface area (Å²) in [6.45, 7) is 5.69. The zero-order valence-electron chi connectivity index (χ0n) is 14.7. The molecule has 7 nitrogen and oxygen atoms in total. The molecule has 0 saturated carbocycles. The number of nitrogens with zero attached hydrogens (tertiary/aromatic N) is 3. The molecule has 1 N–H and O–H groups in total. The molecule has 9 heteroatoms. The topological polar surface area (TPSA) is 89.9 Å². The lowest BCUT2D eigenvalue weighted by Crippen LogP contribution is -2.14. The van der Waals surface area contributed by atoms with Gasteiger partial charge in [0.25, 0.3) is 5.56 Å². The molecule has 0 amide bonds. The number of nitrogens with one attached hydrogen (secondary N) is 1. The quantitative estimate of drug-likeness (QED) is 0.544. The molecule has 4 aromatic rings. The van der Waals surface area contributed by atoms with Crippen molar-refractivity contribution in [1.29, 1.82) is 0 Å². The number of carbonyl (C=O) groups excluding carboxylic acids is 1. The van der Waals surface area contributed by atoms with Crippen LogP contribution in [0.2, 0.25) is 0 Å². The molecule has 0 aliphatic rings. The van der Waals surface area contributed by atoms with Crippen LogP contribution in [0.5, 0.6) is 0 Å². The average Bonchev–Trinajstić information content (AvgIpc) is 3.22.